The van der Waals surface area contributed by atoms with E-state index in [2.05, 4.69) is 45.7 Å². The van der Waals surface area contributed by atoms with Gasteiger partial charge in [-0.05, 0) is 56.5 Å². The number of pyridine rings is 2. The Balaban J connectivity index is 1.52. The number of anilines is 2. The second-order valence-electron chi connectivity index (χ2n) is 9.57. The summed E-state index contributed by atoms with van der Waals surface area (Å²) in [5.74, 6) is 1.22. The van der Waals surface area contributed by atoms with E-state index in [9.17, 15) is 13.2 Å². The summed E-state index contributed by atoms with van der Waals surface area (Å²) in [5.41, 5.74) is 0.894. The van der Waals surface area contributed by atoms with Gasteiger partial charge < -0.3 is 15.0 Å². The van der Waals surface area contributed by atoms with Crippen LogP contribution in [-0.2, 0) is 16.6 Å². The van der Waals surface area contributed by atoms with Crippen LogP contribution in [0.4, 0.5) is 11.6 Å². The van der Waals surface area contributed by atoms with Crippen LogP contribution in [-0.4, -0.2) is 43.5 Å². The molecule has 1 aliphatic rings. The molecule has 0 radical (unpaired) electrons. The summed E-state index contributed by atoms with van der Waals surface area (Å²) in [6.07, 6.45) is 2.56. The molecule has 1 aromatic carbocycles. The van der Waals surface area contributed by atoms with Gasteiger partial charge >= 0.3 is 0 Å². The number of ether oxygens (including phenoxy) is 1. The summed E-state index contributed by atoms with van der Waals surface area (Å²) in [4.78, 5) is 23.9. The Labute approximate surface area is 212 Å². The molecule has 36 heavy (non-hydrogen) atoms. The molecule has 1 unspecified atom stereocenters. The molecule has 3 aromatic rings. The third-order valence-electron chi connectivity index (χ3n) is 6.24. The second-order valence-corrected chi connectivity index (χ2v) is 11.2. The number of carbonyl (C=O) groups excluding carboxylic acids is 1. The molecule has 1 atom stereocenters. The van der Waals surface area contributed by atoms with Crippen molar-refractivity contribution in [3.05, 3.63) is 71.9 Å². The number of hydrogen-bond acceptors (Lipinski definition) is 8. The summed E-state index contributed by atoms with van der Waals surface area (Å²) in [5, 5.41) is 2.85. The van der Waals surface area contributed by atoms with Gasteiger partial charge in [-0.1, -0.05) is 31.2 Å². The van der Waals surface area contributed by atoms with Gasteiger partial charge in [-0.3, -0.25) is 4.79 Å². The molecule has 10 heteroatoms. The minimum atomic E-state index is -4.23. The fourth-order valence-electron chi connectivity index (χ4n) is 4.68. The van der Waals surface area contributed by atoms with E-state index in [4.69, 9.17) is 4.74 Å². The molecular weight excluding hydrogens is 478 g/mol. The minimum absolute atomic E-state index is 0.203. The lowest BCUT2D eigenvalue weighted by molar-refractivity contribution is 0.0981. The zero-order valence-electron chi connectivity index (χ0n) is 20.9. The van der Waals surface area contributed by atoms with Crippen LogP contribution in [0.2, 0.25) is 0 Å². The summed E-state index contributed by atoms with van der Waals surface area (Å²) in [6.45, 7) is 7.46. The highest BCUT2D eigenvalue weighted by Gasteiger charge is 2.39. The van der Waals surface area contributed by atoms with Crippen molar-refractivity contribution in [2.75, 3.05) is 23.9 Å². The molecule has 0 saturated carbocycles. The molecule has 0 spiro atoms. The molecule has 2 aromatic heterocycles. The normalized spacial score (nSPS) is 17.0. The first-order chi connectivity index (χ1) is 17.1. The molecule has 9 nitrogen and oxygen atoms in total. The number of sulfonamides is 1. The van der Waals surface area contributed by atoms with Crippen molar-refractivity contribution in [3.63, 3.8) is 0 Å². The molecule has 1 aliphatic heterocycles. The maximum Gasteiger partial charge on any atom is 0.281 e. The van der Waals surface area contributed by atoms with Crippen molar-refractivity contribution in [2.24, 2.45) is 5.92 Å². The fraction of sp³-hybridized carbons (Fsp3) is 0.346. The monoisotopic (exact) mass is 509 g/mol. The van der Waals surface area contributed by atoms with E-state index in [1.807, 2.05) is 24.3 Å². The average molecular weight is 510 g/mol. The summed E-state index contributed by atoms with van der Waals surface area (Å²) < 4.78 is 33.7. The molecule has 1 fully saturated rings. The van der Waals surface area contributed by atoms with Gasteiger partial charge in [-0.2, -0.15) is 8.42 Å². The second kappa shape index (κ2) is 10.1. The van der Waals surface area contributed by atoms with Gasteiger partial charge in [0, 0.05) is 30.4 Å². The predicted molar refractivity (Wildman–Crippen MR) is 139 cm³/mol. The zero-order valence-corrected chi connectivity index (χ0v) is 21.7. The standard InChI is InChI=1S/C26H31N5O4S/c1-18-15-26(2,3)31(17-18)24-20(10-8-14-27-24)25(32)30-36(33,34)23-13-7-12-22(29-23)28-16-19-9-5-6-11-21(19)35-4/h5-14,18H,15-17H2,1-4H3,(H,28,29)(H,30,32). The Hall–Kier alpha value is -3.66. The van der Waals surface area contributed by atoms with E-state index >= 15 is 0 Å². The van der Waals surface area contributed by atoms with Crippen molar-refractivity contribution in [2.45, 2.75) is 44.3 Å². The Morgan fingerprint density at radius 2 is 1.92 bits per heavy atom. The number of rotatable bonds is 8. The molecule has 2 N–H and O–H groups in total. The lowest BCUT2D eigenvalue weighted by Gasteiger charge is -2.33. The molecule has 0 bridgehead atoms. The number of nitrogens with one attached hydrogen (secondary N) is 2. The van der Waals surface area contributed by atoms with E-state index in [0.717, 1.165) is 18.5 Å². The SMILES string of the molecule is COc1ccccc1CNc1cccc(S(=O)(=O)NC(=O)c2cccnc2N2CC(C)CC2(C)C)n1. The van der Waals surface area contributed by atoms with Crippen LogP contribution in [0.1, 0.15) is 43.1 Å². The van der Waals surface area contributed by atoms with Crippen molar-refractivity contribution in [1.29, 1.82) is 0 Å². The number of aromatic nitrogens is 2. The fourth-order valence-corrected chi connectivity index (χ4v) is 5.61. The van der Waals surface area contributed by atoms with Crippen molar-refractivity contribution in [3.8, 4) is 5.75 Å². The van der Waals surface area contributed by atoms with Crippen LogP contribution in [0.25, 0.3) is 0 Å². The number of amides is 1. The number of nitrogens with zero attached hydrogens (tertiary/aromatic N) is 3. The highest BCUT2D eigenvalue weighted by molar-refractivity contribution is 7.90. The smallest absolute Gasteiger partial charge is 0.281 e. The number of hydrogen-bond donors (Lipinski definition) is 2. The van der Waals surface area contributed by atoms with Gasteiger partial charge in [0.2, 0.25) is 0 Å². The first-order valence-corrected chi connectivity index (χ1v) is 13.2. The maximum absolute atomic E-state index is 13.2. The Kier molecular flexibility index (Phi) is 7.16. The third kappa shape index (κ3) is 5.43. The quantitative estimate of drug-likeness (QED) is 0.471. The van der Waals surface area contributed by atoms with E-state index in [-0.39, 0.29) is 16.1 Å². The molecule has 1 saturated heterocycles. The van der Waals surface area contributed by atoms with Gasteiger partial charge in [0.05, 0.1) is 12.7 Å². The molecule has 0 aliphatic carbocycles. The van der Waals surface area contributed by atoms with E-state index in [1.165, 1.54) is 6.07 Å². The third-order valence-corrected chi connectivity index (χ3v) is 7.47. The number of carbonyl (C=O) groups is 1. The predicted octanol–water partition coefficient (Wildman–Crippen LogP) is 3.84. The Bertz CT molecular complexity index is 1360. The minimum Gasteiger partial charge on any atom is -0.496 e. The van der Waals surface area contributed by atoms with Crippen LogP contribution in [0.15, 0.2) is 65.8 Å². The summed E-state index contributed by atoms with van der Waals surface area (Å²) >= 11 is 0. The van der Waals surface area contributed by atoms with Crippen LogP contribution < -0.4 is 19.7 Å². The lowest BCUT2D eigenvalue weighted by atomic mass is 9.97. The van der Waals surface area contributed by atoms with Crippen molar-refractivity contribution >= 4 is 27.6 Å². The number of para-hydroxylation sites is 1. The topological polar surface area (TPSA) is 114 Å². The highest BCUT2D eigenvalue weighted by atomic mass is 32.2. The van der Waals surface area contributed by atoms with Crippen LogP contribution in [0, 0.1) is 5.92 Å². The summed E-state index contributed by atoms with van der Waals surface area (Å²) in [7, 11) is -2.64. The van der Waals surface area contributed by atoms with Gasteiger partial charge in [-0.25, -0.2) is 14.7 Å². The average Bonchev–Trinajstić information content (AvgIpc) is 3.14. The zero-order chi connectivity index (χ0) is 25.9. The molecule has 190 valence electrons. The Morgan fingerprint density at radius 1 is 1.14 bits per heavy atom. The summed E-state index contributed by atoms with van der Waals surface area (Å²) in [6, 6.07) is 15.3. The van der Waals surface area contributed by atoms with Gasteiger partial charge in [0.25, 0.3) is 15.9 Å². The van der Waals surface area contributed by atoms with Crippen molar-refractivity contribution < 1.29 is 17.9 Å². The molecular formula is C26H31N5O4S. The van der Waals surface area contributed by atoms with Gasteiger partial charge in [0.1, 0.15) is 17.4 Å². The first kappa shape index (κ1) is 25.4. The number of methoxy groups -OCH3 is 1. The van der Waals surface area contributed by atoms with E-state index in [0.29, 0.717) is 29.8 Å². The van der Waals surface area contributed by atoms with E-state index < -0.39 is 15.9 Å². The van der Waals surface area contributed by atoms with Crippen LogP contribution in [0.5, 0.6) is 5.75 Å². The lowest BCUT2D eigenvalue weighted by Crippen LogP contribution is -2.41. The van der Waals surface area contributed by atoms with E-state index in [1.54, 1.807) is 37.6 Å². The van der Waals surface area contributed by atoms with Crippen LogP contribution in [0.3, 0.4) is 0 Å². The largest absolute Gasteiger partial charge is 0.496 e. The Morgan fingerprint density at radius 3 is 2.64 bits per heavy atom. The molecule has 1 amide bonds. The van der Waals surface area contributed by atoms with Gasteiger partial charge in [-0.15, -0.1) is 0 Å². The van der Waals surface area contributed by atoms with Gasteiger partial charge in [0.15, 0.2) is 5.03 Å². The molecule has 3 heterocycles. The first-order valence-electron chi connectivity index (χ1n) is 11.7. The maximum atomic E-state index is 13.2. The number of benzene rings is 1. The molecule has 4 rings (SSSR count). The van der Waals surface area contributed by atoms with Crippen molar-refractivity contribution in [1.82, 2.24) is 14.7 Å². The highest BCUT2D eigenvalue weighted by Crippen LogP contribution is 2.37. The van der Waals surface area contributed by atoms with Crippen LogP contribution >= 0.6 is 0 Å².